The molecule has 172 valence electrons. The third kappa shape index (κ3) is 1.69. The quantitative estimate of drug-likeness (QED) is 0.717. The number of ketones is 1. The molecule has 2 saturated heterocycles. The molecular weight excluding hydrogens is 398 g/mol. The topological polar surface area (TPSA) is 77.5 Å². The van der Waals surface area contributed by atoms with Crippen LogP contribution in [0.4, 0.5) is 0 Å². The van der Waals surface area contributed by atoms with Gasteiger partial charge >= 0.3 is 0 Å². The van der Waals surface area contributed by atoms with Gasteiger partial charge in [0, 0.05) is 50.4 Å². The Morgan fingerprint density at radius 3 is 2.77 bits per heavy atom. The van der Waals surface area contributed by atoms with Crippen LogP contribution in [0.5, 0.6) is 0 Å². The van der Waals surface area contributed by atoms with E-state index in [2.05, 4.69) is 18.7 Å². The maximum atomic E-state index is 14.7. The second kappa shape index (κ2) is 5.73. The smallest absolute Gasteiger partial charge is 0.174 e. The van der Waals surface area contributed by atoms with Crippen LogP contribution < -0.4 is 0 Å². The summed E-state index contributed by atoms with van der Waals surface area (Å²) in [7, 11) is 3.54. The van der Waals surface area contributed by atoms with Gasteiger partial charge in [0.2, 0.25) is 0 Å². The fourth-order valence-electron chi connectivity index (χ4n) is 10.8. The van der Waals surface area contributed by atoms with E-state index < -0.39 is 17.3 Å². The molecule has 5 saturated carbocycles. The number of ether oxygens (including phenoxy) is 4. The molecule has 0 amide bonds. The number of hydrogen-bond donors (Lipinski definition) is 1. The van der Waals surface area contributed by atoms with Crippen molar-refractivity contribution in [3.05, 3.63) is 0 Å². The Labute approximate surface area is 183 Å². The molecule has 7 nitrogen and oxygen atoms in total. The molecular formula is C24H35NO6. The number of fused-ring (bicyclic) bond motifs is 1. The zero-order valence-electron chi connectivity index (χ0n) is 19.0. The van der Waals surface area contributed by atoms with E-state index in [1.807, 2.05) is 7.11 Å². The first-order valence-electron chi connectivity index (χ1n) is 12.2. The monoisotopic (exact) mass is 433 g/mol. The average Bonchev–Trinajstić information content (AvgIpc) is 3.30. The van der Waals surface area contributed by atoms with E-state index >= 15 is 0 Å². The van der Waals surface area contributed by atoms with Crippen molar-refractivity contribution < 1.29 is 28.8 Å². The van der Waals surface area contributed by atoms with Gasteiger partial charge in [-0.15, -0.1) is 0 Å². The Balaban J connectivity index is 1.58. The molecule has 31 heavy (non-hydrogen) atoms. The van der Waals surface area contributed by atoms with Crippen molar-refractivity contribution >= 4 is 5.78 Å². The maximum absolute atomic E-state index is 14.7. The Morgan fingerprint density at radius 1 is 1.26 bits per heavy atom. The highest BCUT2D eigenvalue weighted by Gasteiger charge is 2.93. The van der Waals surface area contributed by atoms with Crippen LogP contribution in [0.15, 0.2) is 0 Å². The Hall–Kier alpha value is -0.570. The van der Waals surface area contributed by atoms with E-state index in [0.29, 0.717) is 6.42 Å². The number of likely N-dealkylation sites (N-methyl/N-ethyl adjacent to an activating group) is 1. The average molecular weight is 434 g/mol. The molecule has 0 aromatic carbocycles. The largest absolute Gasteiger partial charge is 0.392 e. The highest BCUT2D eigenvalue weighted by molar-refractivity contribution is 5.98. The summed E-state index contributed by atoms with van der Waals surface area (Å²) >= 11 is 0. The molecule has 0 aromatic rings. The summed E-state index contributed by atoms with van der Waals surface area (Å²) in [5.74, 6) is 0.270. The van der Waals surface area contributed by atoms with E-state index in [-0.39, 0.29) is 65.3 Å². The van der Waals surface area contributed by atoms with Gasteiger partial charge in [0.1, 0.15) is 12.4 Å². The first-order valence-corrected chi connectivity index (χ1v) is 12.2. The van der Waals surface area contributed by atoms with Crippen molar-refractivity contribution in [3.8, 4) is 0 Å². The normalized spacial score (nSPS) is 63.5. The van der Waals surface area contributed by atoms with Gasteiger partial charge in [0.05, 0.1) is 24.4 Å². The molecule has 12 atom stereocenters. The molecule has 7 aliphatic rings. The van der Waals surface area contributed by atoms with Crippen LogP contribution in [0.2, 0.25) is 0 Å². The standard InChI is InChI=1S/C24H35NO6/c1-5-25-10-21(2)7-6-15(29-4)23-13-8-12-14(28-3)9-22(16(13)17(12)26)24(20(23)25,31-11-30-22)19(27)18(21)23/h12-18,20,26H,5-11H2,1-4H3/t12-,13-,14+,15+,16-,17+,18-,20+,21+,22-,23+,24-/m1/s1. The lowest BCUT2D eigenvalue weighted by atomic mass is 9.43. The van der Waals surface area contributed by atoms with Crippen molar-refractivity contribution in [1.82, 2.24) is 4.90 Å². The summed E-state index contributed by atoms with van der Waals surface area (Å²) in [6, 6.07) is -0.0638. The number of rotatable bonds is 3. The number of carbonyl (C=O) groups is 1. The lowest BCUT2D eigenvalue weighted by molar-refractivity contribution is -0.279. The van der Waals surface area contributed by atoms with E-state index in [4.69, 9.17) is 18.9 Å². The molecule has 0 unspecified atom stereocenters. The van der Waals surface area contributed by atoms with Crippen LogP contribution in [-0.2, 0) is 23.7 Å². The fraction of sp³-hybridized carbons (Fsp3) is 0.958. The molecule has 7 bridgehead atoms. The highest BCUT2D eigenvalue weighted by atomic mass is 16.7. The van der Waals surface area contributed by atoms with Crippen molar-refractivity contribution in [3.63, 3.8) is 0 Å². The lowest BCUT2D eigenvalue weighted by Crippen LogP contribution is -2.80. The number of likely N-dealkylation sites (tertiary alicyclic amines) is 1. The van der Waals surface area contributed by atoms with Gasteiger partial charge in [-0.05, 0) is 37.1 Å². The first kappa shape index (κ1) is 19.9. The zero-order chi connectivity index (χ0) is 21.6. The van der Waals surface area contributed by atoms with Crippen molar-refractivity contribution in [2.75, 3.05) is 34.1 Å². The summed E-state index contributed by atoms with van der Waals surface area (Å²) in [6.07, 6.45) is 2.79. The number of nitrogens with zero attached hydrogens (tertiary/aromatic N) is 1. The van der Waals surface area contributed by atoms with E-state index in [1.165, 1.54) is 0 Å². The van der Waals surface area contributed by atoms with Gasteiger partial charge in [-0.2, -0.15) is 0 Å². The van der Waals surface area contributed by atoms with Gasteiger partial charge in [0.25, 0.3) is 0 Å². The van der Waals surface area contributed by atoms with Crippen molar-refractivity contribution in [1.29, 1.82) is 0 Å². The zero-order valence-corrected chi connectivity index (χ0v) is 19.0. The molecule has 5 aliphatic carbocycles. The molecule has 2 aliphatic heterocycles. The van der Waals surface area contributed by atoms with Crippen molar-refractivity contribution in [2.24, 2.45) is 34.5 Å². The molecule has 0 radical (unpaired) electrons. The predicted octanol–water partition coefficient (Wildman–Crippen LogP) is 1.22. The minimum atomic E-state index is -1.04. The third-order valence-electron chi connectivity index (χ3n) is 11.3. The van der Waals surface area contributed by atoms with Gasteiger partial charge in [-0.1, -0.05) is 13.8 Å². The van der Waals surface area contributed by atoms with Crippen molar-refractivity contribution in [2.45, 2.75) is 75.1 Å². The van der Waals surface area contributed by atoms with Gasteiger partial charge < -0.3 is 24.1 Å². The minimum Gasteiger partial charge on any atom is -0.392 e. The van der Waals surface area contributed by atoms with Crippen LogP contribution >= 0.6 is 0 Å². The predicted molar refractivity (Wildman–Crippen MR) is 109 cm³/mol. The lowest BCUT2D eigenvalue weighted by Gasteiger charge is -2.69. The highest BCUT2D eigenvalue weighted by Crippen LogP contribution is 2.81. The van der Waals surface area contributed by atoms with Gasteiger partial charge in [-0.3, -0.25) is 9.69 Å². The van der Waals surface area contributed by atoms with Crippen LogP contribution in [0.1, 0.15) is 39.5 Å². The SMILES string of the molecule is CCN1C[C@]2(C)CC[C@H](OC)[C@@]34[C@@H]5C[C@H]6[C@H](O)[C@@H]5[C@@]5(C[C@@H]6OC)OCO[C@]5(C(=O)[C@H]23)[C@@H]14. The number of methoxy groups -OCH3 is 2. The second-order valence-corrected chi connectivity index (χ2v) is 11.7. The first-order chi connectivity index (χ1) is 14.9. The molecule has 7 heteroatoms. The Bertz CT molecular complexity index is 852. The summed E-state index contributed by atoms with van der Waals surface area (Å²) in [5, 5.41) is 11.6. The fourth-order valence-corrected chi connectivity index (χ4v) is 10.8. The van der Waals surface area contributed by atoms with E-state index in [9.17, 15) is 9.90 Å². The number of Topliss-reactive ketones (excluding diaryl/α,β-unsaturated/α-hetero) is 1. The molecule has 7 rings (SSSR count). The van der Waals surface area contributed by atoms with Crippen LogP contribution in [0, 0.1) is 34.5 Å². The van der Waals surface area contributed by atoms with Crippen LogP contribution in [0.25, 0.3) is 0 Å². The Morgan fingerprint density at radius 2 is 2.06 bits per heavy atom. The number of aliphatic hydroxyl groups excluding tert-OH is 1. The van der Waals surface area contributed by atoms with Gasteiger partial charge in [0.15, 0.2) is 11.4 Å². The Kier molecular flexibility index (Phi) is 3.67. The number of hydrogen-bond acceptors (Lipinski definition) is 7. The van der Waals surface area contributed by atoms with E-state index in [0.717, 1.165) is 32.4 Å². The molecule has 1 N–H and O–H groups in total. The molecule has 3 spiro atoms. The van der Waals surface area contributed by atoms with Gasteiger partial charge in [-0.25, -0.2) is 0 Å². The number of aliphatic hydroxyl groups is 1. The van der Waals surface area contributed by atoms with E-state index in [1.54, 1.807) is 7.11 Å². The second-order valence-electron chi connectivity index (χ2n) is 11.7. The number of piperidine rings is 1. The summed E-state index contributed by atoms with van der Waals surface area (Å²) in [4.78, 5) is 17.2. The minimum absolute atomic E-state index is 0.00649. The van der Waals surface area contributed by atoms with Crippen LogP contribution in [0.3, 0.4) is 0 Å². The molecule has 2 heterocycles. The summed E-state index contributed by atoms with van der Waals surface area (Å²) < 4.78 is 25.3. The van der Waals surface area contributed by atoms with Crippen LogP contribution in [-0.4, -0.2) is 85.4 Å². The third-order valence-corrected chi connectivity index (χ3v) is 11.3. The molecule has 7 fully saturated rings. The summed E-state index contributed by atoms with van der Waals surface area (Å²) in [6.45, 7) is 6.43. The summed E-state index contributed by atoms with van der Waals surface area (Å²) in [5.41, 5.74) is -2.29. The maximum Gasteiger partial charge on any atom is 0.174 e. The molecule has 0 aromatic heterocycles. The number of carbonyl (C=O) groups excluding carboxylic acids is 1.